The van der Waals surface area contributed by atoms with E-state index in [2.05, 4.69) is 5.32 Å². The Hall–Kier alpha value is -2.64. The first-order valence-corrected chi connectivity index (χ1v) is 8.35. The molecular weight excluding hydrogens is 327 g/mol. The second-order valence-electron chi connectivity index (χ2n) is 6.46. The van der Waals surface area contributed by atoms with Crippen LogP contribution >= 0.6 is 0 Å². The molecule has 2 aliphatic heterocycles. The Morgan fingerprint density at radius 3 is 2.88 bits per heavy atom. The minimum Gasteiger partial charge on any atom is -0.369 e. The van der Waals surface area contributed by atoms with E-state index in [1.807, 2.05) is 0 Å². The van der Waals surface area contributed by atoms with Gasteiger partial charge in [0.2, 0.25) is 17.7 Å². The minimum absolute atomic E-state index is 0.0685. The number of carbonyl (C=O) groups is 3. The fourth-order valence-electron chi connectivity index (χ4n) is 3.32. The van der Waals surface area contributed by atoms with Gasteiger partial charge in [-0.25, -0.2) is 4.39 Å². The summed E-state index contributed by atoms with van der Waals surface area (Å²) in [5.74, 6) is -1.49. The monoisotopic (exact) mass is 348 g/mol. The lowest BCUT2D eigenvalue weighted by Crippen LogP contribution is -2.47. The van der Waals surface area contributed by atoms with Gasteiger partial charge in [-0.05, 0) is 31.0 Å². The maximum Gasteiger partial charge on any atom is 0.242 e. The lowest BCUT2D eigenvalue weighted by Gasteiger charge is -2.33. The molecule has 1 unspecified atom stereocenters. The number of hydrogen-bond acceptors (Lipinski definition) is 4. The van der Waals surface area contributed by atoms with Crippen molar-refractivity contribution in [1.82, 2.24) is 4.90 Å². The molecule has 1 atom stereocenters. The second-order valence-corrected chi connectivity index (χ2v) is 6.46. The lowest BCUT2D eigenvalue weighted by molar-refractivity contribution is -0.133. The average Bonchev–Trinajstić information content (AvgIpc) is 2.73. The van der Waals surface area contributed by atoms with E-state index >= 15 is 0 Å². The summed E-state index contributed by atoms with van der Waals surface area (Å²) in [6.45, 7) is 1.35. The van der Waals surface area contributed by atoms with Crippen molar-refractivity contribution >= 4 is 29.1 Å². The molecule has 3 rings (SSSR count). The van der Waals surface area contributed by atoms with E-state index in [-0.39, 0.29) is 36.6 Å². The van der Waals surface area contributed by atoms with Gasteiger partial charge < -0.3 is 20.9 Å². The molecule has 0 radical (unpaired) electrons. The van der Waals surface area contributed by atoms with E-state index in [0.717, 1.165) is 6.42 Å². The number of primary amides is 1. The van der Waals surface area contributed by atoms with Crippen LogP contribution < -0.4 is 16.0 Å². The van der Waals surface area contributed by atoms with Gasteiger partial charge in [-0.15, -0.1) is 0 Å². The van der Waals surface area contributed by atoms with E-state index < -0.39 is 5.82 Å². The Morgan fingerprint density at radius 1 is 1.32 bits per heavy atom. The van der Waals surface area contributed by atoms with Gasteiger partial charge in [0.05, 0.1) is 23.8 Å². The molecule has 0 spiro atoms. The number of halogens is 1. The maximum absolute atomic E-state index is 13.5. The molecular formula is C17H21FN4O3. The van der Waals surface area contributed by atoms with Crippen LogP contribution in [0.1, 0.15) is 19.3 Å². The summed E-state index contributed by atoms with van der Waals surface area (Å²) in [6, 6.07) is 4.11. The van der Waals surface area contributed by atoms with Crippen molar-refractivity contribution in [2.75, 3.05) is 36.4 Å². The van der Waals surface area contributed by atoms with Gasteiger partial charge in [0.15, 0.2) is 0 Å². The third-order valence-electron chi connectivity index (χ3n) is 4.68. The second kappa shape index (κ2) is 7.08. The number of likely N-dealkylation sites (tertiary alicyclic amines) is 1. The highest BCUT2D eigenvalue weighted by atomic mass is 19.1. The highest BCUT2D eigenvalue weighted by molar-refractivity contribution is 5.97. The van der Waals surface area contributed by atoms with E-state index in [4.69, 9.17) is 5.73 Å². The van der Waals surface area contributed by atoms with Gasteiger partial charge in [-0.1, -0.05) is 0 Å². The number of amides is 3. The summed E-state index contributed by atoms with van der Waals surface area (Å²) in [7, 11) is 0. The van der Waals surface area contributed by atoms with Gasteiger partial charge in [0.25, 0.3) is 0 Å². The molecule has 8 heteroatoms. The van der Waals surface area contributed by atoms with Crippen LogP contribution in [0.25, 0.3) is 0 Å². The number of piperidine rings is 1. The van der Waals surface area contributed by atoms with Crippen LogP contribution in [0, 0.1) is 11.7 Å². The van der Waals surface area contributed by atoms with Crippen LogP contribution in [0.3, 0.4) is 0 Å². The van der Waals surface area contributed by atoms with Crippen molar-refractivity contribution < 1.29 is 18.8 Å². The van der Waals surface area contributed by atoms with E-state index in [1.54, 1.807) is 15.9 Å². The predicted octanol–water partition coefficient (Wildman–Crippen LogP) is 0.698. The lowest BCUT2D eigenvalue weighted by atomic mass is 9.97. The number of nitrogens with one attached hydrogen (secondary N) is 1. The number of anilines is 2. The molecule has 7 nitrogen and oxygen atoms in total. The molecule has 1 aromatic carbocycles. The first-order chi connectivity index (χ1) is 11.9. The average molecular weight is 348 g/mol. The first-order valence-electron chi connectivity index (χ1n) is 8.35. The van der Waals surface area contributed by atoms with Gasteiger partial charge in [-0.2, -0.15) is 0 Å². The minimum atomic E-state index is -0.451. The zero-order valence-corrected chi connectivity index (χ0v) is 13.8. The molecule has 0 aliphatic carbocycles. The maximum atomic E-state index is 13.5. The van der Waals surface area contributed by atoms with E-state index in [9.17, 15) is 18.8 Å². The van der Waals surface area contributed by atoms with Crippen LogP contribution in [-0.4, -0.2) is 48.8 Å². The van der Waals surface area contributed by atoms with Crippen molar-refractivity contribution in [2.45, 2.75) is 19.3 Å². The highest BCUT2D eigenvalue weighted by Crippen LogP contribution is 2.29. The third kappa shape index (κ3) is 3.89. The molecule has 1 fully saturated rings. The molecule has 25 heavy (non-hydrogen) atoms. The molecule has 0 aromatic heterocycles. The summed E-state index contributed by atoms with van der Waals surface area (Å²) in [5, 5.41) is 2.66. The number of nitrogens with zero attached hydrogens (tertiary/aromatic N) is 2. The van der Waals surface area contributed by atoms with Crippen LogP contribution in [0.2, 0.25) is 0 Å². The summed E-state index contributed by atoms with van der Waals surface area (Å²) >= 11 is 0. The quantitative estimate of drug-likeness (QED) is 0.840. The SMILES string of the molecule is NC(=O)C1CCCN(C(=O)CN2CCC(=O)Nc3cc(F)ccc32)C1. The van der Waals surface area contributed by atoms with Crippen LogP contribution in [0.4, 0.5) is 15.8 Å². The molecule has 1 aromatic rings. The number of nitrogens with two attached hydrogens (primary N) is 1. The van der Waals surface area contributed by atoms with Crippen LogP contribution in [0.5, 0.6) is 0 Å². The van der Waals surface area contributed by atoms with E-state index in [0.29, 0.717) is 37.4 Å². The largest absolute Gasteiger partial charge is 0.369 e. The molecule has 2 aliphatic rings. The summed E-state index contributed by atoms with van der Waals surface area (Å²) in [6.07, 6.45) is 1.65. The topological polar surface area (TPSA) is 95.7 Å². The highest BCUT2D eigenvalue weighted by Gasteiger charge is 2.29. The van der Waals surface area contributed by atoms with Crippen molar-refractivity contribution in [3.63, 3.8) is 0 Å². The van der Waals surface area contributed by atoms with Gasteiger partial charge in [-0.3, -0.25) is 14.4 Å². The Labute approximate surface area is 144 Å². The zero-order chi connectivity index (χ0) is 18.0. The number of benzene rings is 1. The van der Waals surface area contributed by atoms with Crippen LogP contribution in [0.15, 0.2) is 18.2 Å². The fourth-order valence-corrected chi connectivity index (χ4v) is 3.32. The van der Waals surface area contributed by atoms with Crippen LogP contribution in [-0.2, 0) is 14.4 Å². The summed E-state index contributed by atoms with van der Waals surface area (Å²) < 4.78 is 13.5. The Bertz CT molecular complexity index is 709. The Kier molecular flexibility index (Phi) is 4.87. The van der Waals surface area contributed by atoms with Crippen molar-refractivity contribution in [2.24, 2.45) is 11.7 Å². The Morgan fingerprint density at radius 2 is 2.12 bits per heavy atom. The van der Waals surface area contributed by atoms with E-state index in [1.165, 1.54) is 12.1 Å². The molecule has 2 heterocycles. The Balaban J connectivity index is 1.75. The molecule has 134 valence electrons. The third-order valence-corrected chi connectivity index (χ3v) is 4.68. The standard InChI is InChI=1S/C17H21FN4O3/c18-12-3-4-14-13(8-12)20-15(23)5-7-21(14)10-16(24)22-6-1-2-11(9-22)17(19)25/h3-4,8,11H,1-2,5-7,9-10H2,(H2,19,25)(H,20,23). The molecule has 3 N–H and O–H groups in total. The number of fused-ring (bicyclic) bond motifs is 1. The number of carbonyl (C=O) groups excluding carboxylic acids is 3. The first kappa shape index (κ1) is 17.2. The number of rotatable bonds is 3. The summed E-state index contributed by atoms with van der Waals surface area (Å²) in [5.41, 5.74) is 6.34. The number of hydrogen-bond donors (Lipinski definition) is 2. The zero-order valence-electron chi connectivity index (χ0n) is 13.8. The molecule has 0 bridgehead atoms. The normalized spacial score (nSPS) is 20.5. The smallest absolute Gasteiger partial charge is 0.242 e. The molecule has 3 amide bonds. The predicted molar refractivity (Wildman–Crippen MR) is 90.4 cm³/mol. The van der Waals surface area contributed by atoms with Gasteiger partial charge in [0, 0.05) is 26.1 Å². The molecule has 1 saturated heterocycles. The fraction of sp³-hybridized carbons (Fsp3) is 0.471. The molecule has 0 saturated carbocycles. The summed E-state index contributed by atoms with van der Waals surface area (Å²) in [4.78, 5) is 39.2. The van der Waals surface area contributed by atoms with Gasteiger partial charge >= 0.3 is 0 Å². The van der Waals surface area contributed by atoms with Crippen molar-refractivity contribution in [3.8, 4) is 0 Å². The van der Waals surface area contributed by atoms with Crippen molar-refractivity contribution in [1.29, 1.82) is 0 Å². The van der Waals surface area contributed by atoms with Gasteiger partial charge in [0.1, 0.15) is 5.82 Å². The van der Waals surface area contributed by atoms with Crippen molar-refractivity contribution in [3.05, 3.63) is 24.0 Å².